The number of amides is 2. The molecule has 0 atom stereocenters. The maximum absolute atomic E-state index is 14.6. The number of carbonyl (C=O) groups is 2. The number of rotatable bonds is 9. The van der Waals surface area contributed by atoms with Crippen molar-refractivity contribution < 1.29 is 9.59 Å². The van der Waals surface area contributed by atoms with Crippen LogP contribution in [0.2, 0.25) is 10.0 Å². The van der Waals surface area contributed by atoms with Crippen LogP contribution in [0.3, 0.4) is 0 Å². The molecular weight excluding hydrogens is 682 g/mol. The molecule has 1 heterocycles. The van der Waals surface area contributed by atoms with Crippen molar-refractivity contribution in [2.75, 3.05) is 5.01 Å². The van der Waals surface area contributed by atoms with Gasteiger partial charge in [-0.2, -0.15) is 5.01 Å². The predicted molar refractivity (Wildman–Crippen MR) is 204 cm³/mol. The summed E-state index contributed by atoms with van der Waals surface area (Å²) in [5, 5.41) is 14.7. The van der Waals surface area contributed by atoms with Crippen LogP contribution in [0.1, 0.15) is 26.4 Å². The Labute approximate surface area is 300 Å². The van der Waals surface area contributed by atoms with E-state index < -0.39 is 19.1 Å². The lowest BCUT2D eigenvalue weighted by Gasteiger charge is -2.29. The number of carbonyl (C=O) groups excluding carboxylic acids is 2. The van der Waals surface area contributed by atoms with Crippen LogP contribution in [-0.4, -0.2) is 26.9 Å². The van der Waals surface area contributed by atoms with Gasteiger partial charge in [0.15, 0.2) is 0 Å². The molecule has 7 rings (SSSR count). The molecule has 1 aromatic heterocycles. The van der Waals surface area contributed by atoms with E-state index in [9.17, 15) is 9.59 Å². The second-order valence-electron chi connectivity index (χ2n) is 11.6. The lowest BCUT2D eigenvalue weighted by atomic mass is 10.1. The lowest BCUT2D eigenvalue weighted by Crippen LogP contribution is -2.47. The molecule has 0 aliphatic rings. The Bertz CT molecular complexity index is 2080. The zero-order chi connectivity index (χ0) is 34.5. The largest absolute Gasteiger partial charge is 0.281 e. The highest BCUT2D eigenvalue weighted by atomic mass is 35.5. The minimum atomic E-state index is -2.56. The molecule has 50 heavy (non-hydrogen) atoms. The molecule has 0 saturated carbocycles. The van der Waals surface area contributed by atoms with Gasteiger partial charge in [-0.3, -0.25) is 9.59 Å². The third-order valence-corrected chi connectivity index (χ3v) is 13.3. The van der Waals surface area contributed by atoms with Gasteiger partial charge in [-0.25, -0.2) is 0 Å². The van der Waals surface area contributed by atoms with Crippen molar-refractivity contribution in [2.45, 2.75) is 6.16 Å². The fraction of sp³-hybridized carbons (Fsp3) is 0.0244. The Morgan fingerprint density at radius 2 is 0.920 bits per heavy atom. The van der Waals surface area contributed by atoms with Crippen LogP contribution in [0, 0.1) is 0 Å². The Balaban J connectivity index is 1.52. The molecule has 0 fully saturated rings. The fourth-order valence-corrected chi connectivity index (χ4v) is 10.6. The van der Waals surface area contributed by atoms with Gasteiger partial charge in [-0.1, -0.05) is 108 Å². The van der Waals surface area contributed by atoms with Gasteiger partial charge < -0.3 is 0 Å². The molecule has 0 radical (unpaired) electrons. The molecule has 6 nitrogen and oxygen atoms in total. The number of imide groups is 1. The van der Waals surface area contributed by atoms with E-state index >= 15 is 0 Å². The smallest absolute Gasteiger partial charge is 0.267 e. The molecule has 0 saturated heterocycles. The number of hydrogen-bond donors (Lipinski definition) is 0. The van der Waals surface area contributed by atoms with E-state index in [-0.39, 0.29) is 11.1 Å². The first-order valence-electron chi connectivity index (χ1n) is 15.9. The summed E-state index contributed by atoms with van der Waals surface area (Å²) >= 11 is 12.4. The molecule has 244 valence electrons. The van der Waals surface area contributed by atoms with Gasteiger partial charge in [-0.05, 0) is 90.1 Å². The van der Waals surface area contributed by atoms with Crippen molar-refractivity contribution in [3.05, 3.63) is 197 Å². The average molecular weight is 713 g/mol. The van der Waals surface area contributed by atoms with Gasteiger partial charge in [0.25, 0.3) is 11.8 Å². The third-order valence-electron chi connectivity index (χ3n) is 8.53. The second kappa shape index (κ2) is 14.6. The van der Waals surface area contributed by atoms with Crippen LogP contribution in [0.5, 0.6) is 0 Å². The number of halogens is 2. The highest BCUT2D eigenvalue weighted by Crippen LogP contribution is 2.58. The molecule has 6 aromatic carbocycles. The van der Waals surface area contributed by atoms with E-state index in [4.69, 9.17) is 28.3 Å². The van der Waals surface area contributed by atoms with Gasteiger partial charge in [0, 0.05) is 26.7 Å². The van der Waals surface area contributed by atoms with Crippen molar-refractivity contribution in [1.29, 1.82) is 0 Å². The maximum Gasteiger partial charge on any atom is 0.281 e. The van der Waals surface area contributed by atoms with Crippen LogP contribution in [0.4, 0.5) is 0 Å². The van der Waals surface area contributed by atoms with Gasteiger partial charge >= 0.3 is 0 Å². The Morgan fingerprint density at radius 3 is 1.32 bits per heavy atom. The lowest BCUT2D eigenvalue weighted by molar-refractivity contribution is 0.0846. The number of aromatic nitrogens is 3. The Hall–Kier alpha value is -5.39. The molecule has 0 bridgehead atoms. The summed E-state index contributed by atoms with van der Waals surface area (Å²) in [5.74, 6) is -1.18. The summed E-state index contributed by atoms with van der Waals surface area (Å²) in [5.41, 5.74) is 2.49. The van der Waals surface area contributed by atoms with E-state index in [1.54, 1.807) is 48.5 Å². The summed E-state index contributed by atoms with van der Waals surface area (Å²) in [6.07, 6.45) is 0.389. The van der Waals surface area contributed by atoms with Gasteiger partial charge in [-0.15, -0.1) is 9.89 Å². The fourth-order valence-electron chi connectivity index (χ4n) is 6.10. The highest BCUT2D eigenvalue weighted by molar-refractivity contribution is 7.95. The molecule has 7 aromatic rings. The first-order chi connectivity index (χ1) is 24.5. The third kappa shape index (κ3) is 6.49. The van der Waals surface area contributed by atoms with Crippen LogP contribution in [-0.2, 0) is 6.16 Å². The average Bonchev–Trinajstić information content (AvgIpc) is 3.58. The minimum absolute atomic E-state index is 0.259. The van der Waals surface area contributed by atoms with Crippen LogP contribution >= 0.6 is 30.5 Å². The highest BCUT2D eigenvalue weighted by Gasteiger charge is 2.48. The summed E-state index contributed by atoms with van der Waals surface area (Å²) in [6, 6.07) is 53.8. The second-order valence-corrected chi connectivity index (χ2v) is 15.9. The van der Waals surface area contributed by atoms with E-state index in [0.29, 0.717) is 27.6 Å². The summed E-state index contributed by atoms with van der Waals surface area (Å²) in [6.45, 7) is 0. The molecule has 0 N–H and O–H groups in total. The first kappa shape index (κ1) is 33.1. The van der Waals surface area contributed by atoms with E-state index in [1.165, 1.54) is 4.79 Å². The van der Waals surface area contributed by atoms with Gasteiger partial charge in [0.1, 0.15) is 40.7 Å². The van der Waals surface area contributed by atoms with Crippen molar-refractivity contribution in [3.8, 4) is 11.3 Å². The van der Waals surface area contributed by atoms with Crippen LogP contribution < -0.4 is 20.9 Å². The van der Waals surface area contributed by atoms with Crippen molar-refractivity contribution in [3.63, 3.8) is 0 Å². The maximum atomic E-state index is 14.6. The summed E-state index contributed by atoms with van der Waals surface area (Å²) < 4.78 is 0. The standard InChI is InChI=1S/C41H30Cl2N4O2P/c42-33-25-21-31(22-26-33)40(48)46(41(49)32-23-27-34(43)28-24-32)47-38(39(44-45-47)30-13-5-1-6-14-30)29-50(35-15-7-2-8-16-35,36-17-9-3-10-18-36)37-19-11-4-12-20-37/h1-28H,29H2/q+1. The zero-order valence-corrected chi connectivity index (χ0v) is 29.1. The monoisotopic (exact) mass is 711 g/mol. The zero-order valence-electron chi connectivity index (χ0n) is 26.7. The van der Waals surface area contributed by atoms with Gasteiger partial charge in [0.05, 0.1) is 0 Å². The normalized spacial score (nSPS) is 11.2. The van der Waals surface area contributed by atoms with E-state index in [0.717, 1.165) is 26.5 Å². The summed E-state index contributed by atoms with van der Waals surface area (Å²) in [4.78, 5) is 30.5. The van der Waals surface area contributed by atoms with Crippen molar-refractivity contribution in [1.82, 2.24) is 15.1 Å². The minimum Gasteiger partial charge on any atom is -0.267 e. The SMILES string of the molecule is O=C(c1ccc(Cl)cc1)N(C(=O)c1ccc(Cl)cc1)n1nnc(-c2ccccc2)c1C[P+](c1ccccc1)(c1ccccc1)c1ccccc1. The van der Waals surface area contributed by atoms with Crippen LogP contribution in [0.25, 0.3) is 11.3 Å². The van der Waals surface area contributed by atoms with Gasteiger partial charge in [0.2, 0.25) is 0 Å². The van der Waals surface area contributed by atoms with E-state index in [1.807, 2.05) is 84.9 Å². The first-order valence-corrected chi connectivity index (χ1v) is 18.6. The molecule has 0 spiro atoms. The van der Waals surface area contributed by atoms with Crippen molar-refractivity contribution >= 4 is 58.2 Å². The van der Waals surface area contributed by atoms with Crippen LogP contribution in [0.15, 0.2) is 170 Å². The quantitative estimate of drug-likeness (QED) is 0.112. The number of nitrogens with zero attached hydrogens (tertiary/aromatic N) is 4. The van der Waals surface area contributed by atoms with Crippen molar-refractivity contribution in [2.24, 2.45) is 0 Å². The molecule has 2 amide bonds. The number of hydrogen-bond acceptors (Lipinski definition) is 4. The molecule has 0 aliphatic heterocycles. The summed E-state index contributed by atoms with van der Waals surface area (Å²) in [7, 11) is -2.56. The topological polar surface area (TPSA) is 68.1 Å². The molecule has 0 unspecified atom stereocenters. The predicted octanol–water partition coefficient (Wildman–Crippen LogP) is 8.36. The number of benzene rings is 6. The Kier molecular flexibility index (Phi) is 9.68. The molecule has 0 aliphatic carbocycles. The molecular formula is C41H30Cl2N4O2P+. The Morgan fingerprint density at radius 1 is 0.540 bits per heavy atom. The van der Waals surface area contributed by atoms with E-state index in [2.05, 4.69) is 41.6 Å². The molecule has 9 heteroatoms.